The predicted molar refractivity (Wildman–Crippen MR) is 72.0 cm³/mol. The third kappa shape index (κ3) is 3.88. The first-order valence-corrected chi connectivity index (χ1v) is 6.18. The van der Waals surface area contributed by atoms with E-state index in [1.165, 1.54) is 0 Å². The van der Waals surface area contributed by atoms with Gasteiger partial charge in [0.05, 0.1) is 0 Å². The maximum absolute atomic E-state index is 12.1. The largest absolute Gasteiger partial charge is 0.349 e. The molecule has 0 radical (unpaired) electrons. The van der Waals surface area contributed by atoms with E-state index in [4.69, 9.17) is 0 Å². The van der Waals surface area contributed by atoms with Crippen LogP contribution in [0.2, 0.25) is 0 Å². The molecule has 1 amide bonds. The second-order valence-electron chi connectivity index (χ2n) is 5.93. The van der Waals surface area contributed by atoms with E-state index >= 15 is 0 Å². The van der Waals surface area contributed by atoms with Crippen LogP contribution in [0.1, 0.15) is 45.0 Å². The fourth-order valence-electron chi connectivity index (χ4n) is 2.20. The lowest BCUT2D eigenvalue weighted by Crippen LogP contribution is -2.47. The summed E-state index contributed by atoms with van der Waals surface area (Å²) in [6, 6.07) is 9.55. The molecule has 2 nitrogen and oxygen atoms in total. The molecule has 1 N–H and O–H groups in total. The summed E-state index contributed by atoms with van der Waals surface area (Å²) in [5, 5.41) is 3.13. The molecular formula is C15H23NO. The number of benzene rings is 1. The van der Waals surface area contributed by atoms with Crippen molar-refractivity contribution in [1.82, 2.24) is 5.32 Å². The van der Waals surface area contributed by atoms with Gasteiger partial charge in [-0.1, -0.05) is 52.8 Å². The van der Waals surface area contributed by atoms with Gasteiger partial charge in [0.1, 0.15) is 0 Å². The molecule has 17 heavy (non-hydrogen) atoms. The van der Waals surface area contributed by atoms with Gasteiger partial charge >= 0.3 is 0 Å². The Labute approximate surface area is 104 Å². The molecule has 0 aliphatic rings. The van der Waals surface area contributed by atoms with Crippen molar-refractivity contribution in [3.63, 3.8) is 0 Å². The van der Waals surface area contributed by atoms with Gasteiger partial charge in [0, 0.05) is 11.6 Å². The quantitative estimate of drug-likeness (QED) is 0.850. The second-order valence-corrected chi connectivity index (χ2v) is 5.93. The Morgan fingerprint density at radius 2 is 1.65 bits per heavy atom. The van der Waals surface area contributed by atoms with Crippen molar-refractivity contribution in [2.75, 3.05) is 0 Å². The standard InChI is InChI=1S/C15H23NO/c1-11(2)13(15(3,4)5)16-14(17)12-9-7-6-8-10-12/h6-11,13H,1-5H3,(H,16,17). The van der Waals surface area contributed by atoms with E-state index in [9.17, 15) is 4.79 Å². The Morgan fingerprint density at radius 1 is 1.12 bits per heavy atom. The summed E-state index contributed by atoms with van der Waals surface area (Å²) < 4.78 is 0. The summed E-state index contributed by atoms with van der Waals surface area (Å²) in [6.07, 6.45) is 0. The van der Waals surface area contributed by atoms with Crippen LogP contribution in [-0.2, 0) is 0 Å². The molecule has 0 saturated heterocycles. The first-order chi connectivity index (χ1) is 7.82. The minimum atomic E-state index is 0.0132. The molecule has 1 aromatic rings. The fourth-order valence-corrected chi connectivity index (χ4v) is 2.20. The summed E-state index contributed by atoms with van der Waals surface area (Å²) in [5.74, 6) is 0.432. The van der Waals surface area contributed by atoms with E-state index in [2.05, 4.69) is 39.9 Å². The summed E-state index contributed by atoms with van der Waals surface area (Å²) in [6.45, 7) is 10.7. The van der Waals surface area contributed by atoms with Gasteiger partial charge in [-0.15, -0.1) is 0 Å². The van der Waals surface area contributed by atoms with Crippen molar-refractivity contribution < 1.29 is 4.79 Å². The van der Waals surface area contributed by atoms with Crippen LogP contribution in [0.5, 0.6) is 0 Å². The van der Waals surface area contributed by atoms with Crippen LogP contribution in [-0.4, -0.2) is 11.9 Å². The van der Waals surface area contributed by atoms with Crippen LogP contribution in [0.4, 0.5) is 0 Å². The average molecular weight is 233 g/mol. The van der Waals surface area contributed by atoms with Crippen molar-refractivity contribution in [3.05, 3.63) is 35.9 Å². The Kier molecular flexibility index (Phi) is 4.33. The van der Waals surface area contributed by atoms with Gasteiger partial charge in [-0.05, 0) is 23.5 Å². The Balaban J connectivity index is 2.79. The fraction of sp³-hybridized carbons (Fsp3) is 0.533. The number of carbonyl (C=O) groups is 1. The minimum absolute atomic E-state index is 0.0132. The maximum atomic E-state index is 12.1. The SMILES string of the molecule is CC(C)C(NC(=O)c1ccccc1)C(C)(C)C. The van der Waals surface area contributed by atoms with Gasteiger partial charge in [0.2, 0.25) is 0 Å². The molecule has 0 spiro atoms. The molecule has 1 rings (SSSR count). The molecule has 1 atom stereocenters. The lowest BCUT2D eigenvalue weighted by atomic mass is 9.80. The third-order valence-electron chi connectivity index (χ3n) is 2.92. The van der Waals surface area contributed by atoms with E-state index in [-0.39, 0.29) is 17.4 Å². The number of hydrogen-bond acceptors (Lipinski definition) is 1. The molecule has 0 fully saturated rings. The molecule has 1 unspecified atom stereocenters. The summed E-state index contributed by atoms with van der Waals surface area (Å²) in [5.41, 5.74) is 0.793. The van der Waals surface area contributed by atoms with Gasteiger partial charge in [0.25, 0.3) is 5.91 Å². The zero-order valence-corrected chi connectivity index (χ0v) is 11.4. The summed E-state index contributed by atoms with van der Waals surface area (Å²) in [7, 11) is 0. The summed E-state index contributed by atoms with van der Waals surface area (Å²) in [4.78, 5) is 12.1. The third-order valence-corrected chi connectivity index (χ3v) is 2.92. The van der Waals surface area contributed by atoms with E-state index in [0.29, 0.717) is 5.92 Å². The van der Waals surface area contributed by atoms with E-state index in [1.54, 1.807) is 0 Å². The first-order valence-electron chi connectivity index (χ1n) is 6.18. The van der Waals surface area contributed by atoms with Gasteiger partial charge in [-0.25, -0.2) is 0 Å². The first kappa shape index (κ1) is 13.8. The highest BCUT2D eigenvalue weighted by molar-refractivity contribution is 5.94. The number of hydrogen-bond donors (Lipinski definition) is 1. The molecule has 0 aromatic heterocycles. The molecule has 2 heteroatoms. The van der Waals surface area contributed by atoms with Crippen molar-refractivity contribution in [3.8, 4) is 0 Å². The molecule has 0 bridgehead atoms. The van der Waals surface area contributed by atoms with Crippen LogP contribution in [0.3, 0.4) is 0 Å². The Hall–Kier alpha value is -1.31. The molecule has 1 aromatic carbocycles. The number of amides is 1. The number of nitrogens with one attached hydrogen (secondary N) is 1. The molecule has 0 aliphatic carbocycles. The molecular weight excluding hydrogens is 210 g/mol. The highest BCUT2D eigenvalue weighted by Crippen LogP contribution is 2.25. The smallest absolute Gasteiger partial charge is 0.251 e. The highest BCUT2D eigenvalue weighted by Gasteiger charge is 2.28. The lowest BCUT2D eigenvalue weighted by Gasteiger charge is -2.34. The van der Waals surface area contributed by atoms with Crippen molar-refractivity contribution in [2.24, 2.45) is 11.3 Å². The number of carbonyl (C=O) groups excluding carboxylic acids is 1. The lowest BCUT2D eigenvalue weighted by molar-refractivity contribution is 0.0874. The van der Waals surface area contributed by atoms with Crippen LogP contribution >= 0.6 is 0 Å². The van der Waals surface area contributed by atoms with Gasteiger partial charge in [-0.2, -0.15) is 0 Å². The van der Waals surface area contributed by atoms with Crippen LogP contribution in [0.25, 0.3) is 0 Å². The van der Waals surface area contributed by atoms with E-state index in [0.717, 1.165) is 5.56 Å². The molecule has 0 heterocycles. The highest BCUT2D eigenvalue weighted by atomic mass is 16.1. The van der Waals surface area contributed by atoms with Crippen molar-refractivity contribution in [2.45, 2.75) is 40.7 Å². The maximum Gasteiger partial charge on any atom is 0.251 e. The second kappa shape index (κ2) is 5.35. The van der Waals surface area contributed by atoms with Crippen LogP contribution in [0.15, 0.2) is 30.3 Å². The Bertz CT molecular complexity index is 362. The van der Waals surface area contributed by atoms with Crippen LogP contribution in [0, 0.1) is 11.3 Å². The normalized spacial score (nSPS) is 13.5. The Morgan fingerprint density at radius 3 is 2.06 bits per heavy atom. The van der Waals surface area contributed by atoms with E-state index < -0.39 is 0 Å². The van der Waals surface area contributed by atoms with Crippen molar-refractivity contribution in [1.29, 1.82) is 0 Å². The zero-order valence-electron chi connectivity index (χ0n) is 11.4. The van der Waals surface area contributed by atoms with Gasteiger partial charge in [-0.3, -0.25) is 4.79 Å². The van der Waals surface area contributed by atoms with E-state index in [1.807, 2.05) is 30.3 Å². The molecule has 0 saturated carbocycles. The minimum Gasteiger partial charge on any atom is -0.349 e. The zero-order chi connectivity index (χ0) is 13.1. The average Bonchev–Trinajstić information content (AvgIpc) is 2.24. The summed E-state index contributed by atoms with van der Waals surface area (Å²) >= 11 is 0. The topological polar surface area (TPSA) is 29.1 Å². The van der Waals surface area contributed by atoms with Gasteiger partial charge < -0.3 is 5.32 Å². The molecule has 94 valence electrons. The predicted octanol–water partition coefficient (Wildman–Crippen LogP) is 3.49. The van der Waals surface area contributed by atoms with Crippen molar-refractivity contribution >= 4 is 5.91 Å². The monoisotopic (exact) mass is 233 g/mol. The molecule has 0 aliphatic heterocycles. The van der Waals surface area contributed by atoms with Crippen LogP contribution < -0.4 is 5.32 Å². The van der Waals surface area contributed by atoms with Gasteiger partial charge in [0.15, 0.2) is 0 Å². The number of rotatable bonds is 3.